The van der Waals surface area contributed by atoms with E-state index in [1.807, 2.05) is 46.6 Å². The molecule has 0 aliphatic heterocycles. The van der Waals surface area contributed by atoms with Gasteiger partial charge in [0.25, 0.3) is 0 Å². The number of hydrogen-bond donors (Lipinski definition) is 1. The second-order valence-electron chi connectivity index (χ2n) is 5.04. The van der Waals surface area contributed by atoms with Crippen molar-refractivity contribution in [3.05, 3.63) is 53.2 Å². The number of nitrogens with zero attached hydrogens (tertiary/aromatic N) is 4. The van der Waals surface area contributed by atoms with Crippen LogP contribution in [0.15, 0.2) is 30.6 Å². The Bertz CT molecular complexity index is 705. The minimum Gasteiger partial charge on any atom is -0.330 e. The maximum atomic E-state index is 5.66. The van der Waals surface area contributed by atoms with Gasteiger partial charge in [0.15, 0.2) is 0 Å². The van der Waals surface area contributed by atoms with Gasteiger partial charge in [-0.05, 0) is 44.5 Å². The summed E-state index contributed by atoms with van der Waals surface area (Å²) in [6.45, 7) is 5.49. The first kappa shape index (κ1) is 12.9. The van der Waals surface area contributed by atoms with Crippen LogP contribution in [0.25, 0.3) is 5.65 Å². The monoisotopic (exact) mass is 269 g/mol. The summed E-state index contributed by atoms with van der Waals surface area (Å²) in [5, 5.41) is 4.61. The number of pyridine rings is 1. The zero-order valence-electron chi connectivity index (χ0n) is 11.9. The van der Waals surface area contributed by atoms with Gasteiger partial charge in [-0.1, -0.05) is 6.07 Å². The average molecular weight is 269 g/mol. The van der Waals surface area contributed by atoms with Crippen molar-refractivity contribution in [3.63, 3.8) is 0 Å². The van der Waals surface area contributed by atoms with Crippen LogP contribution in [0.5, 0.6) is 0 Å². The molecular formula is C15H19N5. The number of fused-ring (bicyclic) bond motifs is 1. The van der Waals surface area contributed by atoms with Crippen molar-refractivity contribution in [1.82, 2.24) is 19.2 Å². The molecule has 3 aromatic rings. The SMILES string of the molecule is Cc1nn(Cc2cn3ccccc3n2)c(C)c1CCN. The van der Waals surface area contributed by atoms with Crippen molar-refractivity contribution < 1.29 is 0 Å². The molecule has 104 valence electrons. The molecule has 0 fully saturated rings. The van der Waals surface area contributed by atoms with Crippen LogP contribution in [0.2, 0.25) is 0 Å². The first-order valence-electron chi connectivity index (χ1n) is 6.84. The molecule has 0 unspecified atom stereocenters. The number of aromatic nitrogens is 4. The molecule has 0 saturated carbocycles. The van der Waals surface area contributed by atoms with Crippen LogP contribution in [0.4, 0.5) is 0 Å². The van der Waals surface area contributed by atoms with Gasteiger partial charge >= 0.3 is 0 Å². The summed E-state index contributed by atoms with van der Waals surface area (Å²) in [5.74, 6) is 0. The van der Waals surface area contributed by atoms with Crippen molar-refractivity contribution in [2.75, 3.05) is 6.54 Å². The molecule has 0 atom stereocenters. The van der Waals surface area contributed by atoms with Gasteiger partial charge in [0, 0.05) is 18.1 Å². The first-order chi connectivity index (χ1) is 9.69. The molecule has 0 aliphatic carbocycles. The third-order valence-corrected chi connectivity index (χ3v) is 3.65. The lowest BCUT2D eigenvalue weighted by Gasteiger charge is -2.02. The van der Waals surface area contributed by atoms with Gasteiger partial charge in [0.2, 0.25) is 0 Å². The molecule has 5 nitrogen and oxygen atoms in total. The number of aryl methyl sites for hydroxylation is 1. The Morgan fingerprint density at radius 3 is 2.85 bits per heavy atom. The number of rotatable bonds is 4. The van der Waals surface area contributed by atoms with Crippen LogP contribution in [0.3, 0.4) is 0 Å². The highest BCUT2D eigenvalue weighted by Crippen LogP contribution is 2.15. The van der Waals surface area contributed by atoms with Gasteiger partial charge in [-0.3, -0.25) is 4.68 Å². The van der Waals surface area contributed by atoms with E-state index in [9.17, 15) is 0 Å². The quantitative estimate of drug-likeness (QED) is 0.784. The molecule has 0 aromatic carbocycles. The highest BCUT2D eigenvalue weighted by molar-refractivity contribution is 5.39. The molecule has 5 heteroatoms. The van der Waals surface area contributed by atoms with E-state index >= 15 is 0 Å². The summed E-state index contributed by atoms with van der Waals surface area (Å²) in [5.41, 5.74) is 11.1. The van der Waals surface area contributed by atoms with Crippen LogP contribution in [-0.2, 0) is 13.0 Å². The van der Waals surface area contributed by atoms with Crippen molar-refractivity contribution in [1.29, 1.82) is 0 Å². The van der Waals surface area contributed by atoms with Crippen LogP contribution in [0, 0.1) is 13.8 Å². The topological polar surface area (TPSA) is 61.1 Å². The average Bonchev–Trinajstić information content (AvgIpc) is 2.95. The molecule has 2 N–H and O–H groups in total. The normalized spacial score (nSPS) is 11.3. The Kier molecular flexibility index (Phi) is 3.28. The van der Waals surface area contributed by atoms with Crippen LogP contribution >= 0.6 is 0 Å². The van der Waals surface area contributed by atoms with Crippen LogP contribution < -0.4 is 5.73 Å². The molecule has 0 bridgehead atoms. The third kappa shape index (κ3) is 2.20. The van der Waals surface area contributed by atoms with Crippen LogP contribution in [-0.4, -0.2) is 25.7 Å². The van der Waals surface area contributed by atoms with Gasteiger partial charge in [-0.15, -0.1) is 0 Å². The van der Waals surface area contributed by atoms with E-state index < -0.39 is 0 Å². The van der Waals surface area contributed by atoms with Crippen molar-refractivity contribution in [2.24, 2.45) is 5.73 Å². The van der Waals surface area contributed by atoms with E-state index in [1.54, 1.807) is 0 Å². The van der Waals surface area contributed by atoms with E-state index in [0.717, 1.165) is 23.5 Å². The summed E-state index contributed by atoms with van der Waals surface area (Å²) in [6, 6.07) is 6.00. The molecule has 0 aliphatic rings. The van der Waals surface area contributed by atoms with Gasteiger partial charge < -0.3 is 10.1 Å². The Labute approximate surface area is 118 Å². The van der Waals surface area contributed by atoms with Crippen LogP contribution in [0.1, 0.15) is 22.6 Å². The molecule has 3 aromatic heterocycles. The maximum Gasteiger partial charge on any atom is 0.137 e. The van der Waals surface area contributed by atoms with Crippen molar-refractivity contribution >= 4 is 5.65 Å². The molecule has 0 radical (unpaired) electrons. The lowest BCUT2D eigenvalue weighted by Crippen LogP contribution is -2.06. The minimum atomic E-state index is 0.655. The molecule has 0 spiro atoms. The van der Waals surface area contributed by atoms with E-state index in [-0.39, 0.29) is 0 Å². The predicted molar refractivity (Wildman–Crippen MR) is 78.8 cm³/mol. The minimum absolute atomic E-state index is 0.655. The second kappa shape index (κ2) is 5.09. The highest BCUT2D eigenvalue weighted by Gasteiger charge is 2.12. The lowest BCUT2D eigenvalue weighted by molar-refractivity contribution is 0.648. The number of imidazole rings is 1. The zero-order chi connectivity index (χ0) is 14.1. The van der Waals surface area contributed by atoms with E-state index in [4.69, 9.17) is 5.73 Å². The van der Waals surface area contributed by atoms with Gasteiger partial charge in [0.1, 0.15) is 5.65 Å². The fourth-order valence-electron chi connectivity index (χ4n) is 2.61. The molecule has 3 heterocycles. The first-order valence-corrected chi connectivity index (χ1v) is 6.84. The largest absolute Gasteiger partial charge is 0.330 e. The molecule has 3 rings (SSSR count). The Morgan fingerprint density at radius 2 is 2.10 bits per heavy atom. The smallest absolute Gasteiger partial charge is 0.137 e. The Hall–Kier alpha value is -2.14. The number of nitrogens with two attached hydrogens (primary N) is 1. The summed E-state index contributed by atoms with van der Waals surface area (Å²) < 4.78 is 4.05. The second-order valence-corrected chi connectivity index (χ2v) is 5.04. The summed E-state index contributed by atoms with van der Waals surface area (Å²) in [6.07, 6.45) is 4.93. The predicted octanol–water partition coefficient (Wildman–Crippen LogP) is 1.70. The lowest BCUT2D eigenvalue weighted by atomic mass is 10.1. The van der Waals surface area contributed by atoms with Crippen molar-refractivity contribution in [3.8, 4) is 0 Å². The molecule has 0 amide bonds. The molecule has 0 saturated heterocycles. The van der Waals surface area contributed by atoms with Crippen molar-refractivity contribution in [2.45, 2.75) is 26.8 Å². The van der Waals surface area contributed by atoms with E-state index in [0.29, 0.717) is 13.1 Å². The maximum absolute atomic E-state index is 5.66. The Morgan fingerprint density at radius 1 is 1.25 bits per heavy atom. The Balaban J connectivity index is 1.92. The van der Waals surface area contributed by atoms with E-state index in [1.165, 1.54) is 11.3 Å². The summed E-state index contributed by atoms with van der Waals surface area (Å²) in [4.78, 5) is 4.61. The van der Waals surface area contributed by atoms with Gasteiger partial charge in [-0.25, -0.2) is 4.98 Å². The summed E-state index contributed by atoms with van der Waals surface area (Å²) in [7, 11) is 0. The fraction of sp³-hybridized carbons (Fsp3) is 0.333. The standard InChI is InChI=1S/C15H19N5/c1-11-14(6-7-16)12(2)20(18-11)10-13-9-19-8-4-3-5-15(19)17-13/h3-5,8-9H,6-7,10,16H2,1-2H3. The zero-order valence-corrected chi connectivity index (χ0v) is 11.9. The fourth-order valence-corrected chi connectivity index (χ4v) is 2.61. The highest BCUT2D eigenvalue weighted by atomic mass is 15.3. The third-order valence-electron chi connectivity index (χ3n) is 3.65. The molecule has 20 heavy (non-hydrogen) atoms. The van der Waals surface area contributed by atoms with Gasteiger partial charge in [-0.2, -0.15) is 5.10 Å². The number of hydrogen-bond acceptors (Lipinski definition) is 3. The van der Waals surface area contributed by atoms with Gasteiger partial charge in [0.05, 0.1) is 17.9 Å². The van der Waals surface area contributed by atoms with E-state index in [2.05, 4.69) is 17.0 Å². The summed E-state index contributed by atoms with van der Waals surface area (Å²) >= 11 is 0. The molecular weight excluding hydrogens is 250 g/mol.